The second kappa shape index (κ2) is 10.2. The monoisotopic (exact) mass is 563 g/mol. The molecule has 210 valence electrons. The van der Waals surface area contributed by atoms with Gasteiger partial charge in [0.05, 0.1) is 42.1 Å². The SMILES string of the molecule is COc1cccc2c1C(=O)c1c(O)c3c(c(O)c1C2=O)C[C@@](O)(C(C)=O)C[C@@H]3O[C@H]1C[C@H](N)[C@@H](O)[C@H](C)O1.Cl. The molecule has 1 heterocycles. The quantitative estimate of drug-likeness (QED) is 0.289. The summed E-state index contributed by atoms with van der Waals surface area (Å²) < 4.78 is 17.1. The normalized spacial score (nSPS) is 29.5. The molecule has 0 spiro atoms. The zero-order chi connectivity index (χ0) is 27.7. The van der Waals surface area contributed by atoms with Crippen molar-refractivity contribution in [2.75, 3.05) is 7.11 Å². The molecule has 1 aliphatic heterocycles. The summed E-state index contributed by atoms with van der Waals surface area (Å²) in [5, 5.41) is 44.1. The van der Waals surface area contributed by atoms with Gasteiger partial charge in [-0.3, -0.25) is 14.4 Å². The van der Waals surface area contributed by atoms with E-state index in [4.69, 9.17) is 19.9 Å². The van der Waals surface area contributed by atoms with Gasteiger partial charge >= 0.3 is 0 Å². The van der Waals surface area contributed by atoms with Crippen molar-refractivity contribution < 1.29 is 49.0 Å². The van der Waals surface area contributed by atoms with Gasteiger partial charge in [0.25, 0.3) is 0 Å². The van der Waals surface area contributed by atoms with Crippen LogP contribution in [0.1, 0.15) is 75.8 Å². The molecular formula is C27H30ClNO10. The number of hydrogen-bond acceptors (Lipinski definition) is 11. The van der Waals surface area contributed by atoms with E-state index in [1.807, 2.05) is 0 Å². The van der Waals surface area contributed by atoms with Crippen LogP contribution in [0, 0.1) is 0 Å². The standard InChI is InChI=1S/C27H29NO10.ClH/c1-10-22(30)14(28)7-17(37-10)38-16-9-27(35,11(2)29)8-13-19(16)26(34)21-20(24(13)32)23(31)12-5-4-6-15(36-3)18(12)25(21)33;/h4-6,10,14,16-17,22,30,32,34-35H,7-9,28H2,1-3H3;1H/t10-,14-,16-,17-,22-,27-;/m0./s1. The lowest BCUT2D eigenvalue weighted by Crippen LogP contribution is -2.52. The van der Waals surface area contributed by atoms with Crippen molar-refractivity contribution in [2.24, 2.45) is 5.73 Å². The molecule has 3 aliphatic rings. The maximum atomic E-state index is 13.6. The molecule has 6 N–H and O–H groups in total. The molecular weight excluding hydrogens is 534 g/mol. The first-order chi connectivity index (χ1) is 17.9. The summed E-state index contributed by atoms with van der Waals surface area (Å²) in [5.74, 6) is -3.18. The number of phenolic OH excluding ortho intramolecular Hbond substituents is 2. The second-order valence-electron chi connectivity index (χ2n) is 10.1. The molecule has 0 saturated carbocycles. The number of aliphatic hydroxyl groups is 2. The van der Waals surface area contributed by atoms with Crippen molar-refractivity contribution in [1.29, 1.82) is 0 Å². The van der Waals surface area contributed by atoms with Gasteiger partial charge in [0.15, 0.2) is 17.9 Å². The number of halogens is 1. The Morgan fingerprint density at radius 1 is 1.13 bits per heavy atom. The van der Waals surface area contributed by atoms with Crippen LogP contribution in [0.5, 0.6) is 17.2 Å². The van der Waals surface area contributed by atoms with Crippen LogP contribution >= 0.6 is 12.4 Å². The van der Waals surface area contributed by atoms with Gasteiger partial charge in [-0.05, 0) is 19.9 Å². The number of aliphatic hydroxyl groups excluding tert-OH is 1. The van der Waals surface area contributed by atoms with Crippen LogP contribution in [-0.4, -0.2) is 75.0 Å². The molecule has 5 rings (SSSR count). The molecule has 0 amide bonds. The fourth-order valence-electron chi connectivity index (χ4n) is 5.66. The van der Waals surface area contributed by atoms with Gasteiger partial charge in [-0.1, -0.05) is 12.1 Å². The number of rotatable bonds is 4. The number of methoxy groups -OCH3 is 1. The van der Waals surface area contributed by atoms with Gasteiger partial charge in [-0.25, -0.2) is 0 Å². The molecule has 1 fully saturated rings. The van der Waals surface area contributed by atoms with Gasteiger partial charge in [-0.15, -0.1) is 12.4 Å². The molecule has 1 saturated heterocycles. The predicted octanol–water partition coefficient (Wildman–Crippen LogP) is 1.45. The number of carbonyl (C=O) groups excluding carboxylic acids is 3. The minimum Gasteiger partial charge on any atom is -0.507 e. The number of hydrogen-bond donors (Lipinski definition) is 5. The highest BCUT2D eigenvalue weighted by Crippen LogP contribution is 2.52. The zero-order valence-electron chi connectivity index (χ0n) is 21.5. The van der Waals surface area contributed by atoms with Gasteiger partial charge in [0.2, 0.25) is 5.78 Å². The van der Waals surface area contributed by atoms with Crippen molar-refractivity contribution in [3.05, 3.63) is 51.6 Å². The van der Waals surface area contributed by atoms with Crippen molar-refractivity contribution in [1.82, 2.24) is 0 Å². The number of nitrogens with two attached hydrogens (primary N) is 1. The third-order valence-corrected chi connectivity index (χ3v) is 7.80. The van der Waals surface area contributed by atoms with Crippen molar-refractivity contribution in [3.8, 4) is 17.2 Å². The van der Waals surface area contributed by atoms with Crippen molar-refractivity contribution in [2.45, 2.75) is 69.4 Å². The fourth-order valence-corrected chi connectivity index (χ4v) is 5.66. The average Bonchev–Trinajstić information content (AvgIpc) is 2.87. The lowest BCUT2D eigenvalue weighted by molar-refractivity contribution is -0.247. The Bertz CT molecular complexity index is 1370. The molecule has 0 aromatic heterocycles. The summed E-state index contributed by atoms with van der Waals surface area (Å²) in [4.78, 5) is 39.6. The Morgan fingerprint density at radius 2 is 1.79 bits per heavy atom. The summed E-state index contributed by atoms with van der Waals surface area (Å²) in [6.45, 7) is 2.79. The van der Waals surface area contributed by atoms with E-state index in [1.165, 1.54) is 32.2 Å². The molecule has 2 aromatic rings. The molecule has 2 aromatic carbocycles. The van der Waals surface area contributed by atoms with Crippen LogP contribution in [0.15, 0.2) is 18.2 Å². The lowest BCUT2D eigenvalue weighted by Gasteiger charge is -2.42. The van der Waals surface area contributed by atoms with Gasteiger partial charge in [0.1, 0.15) is 22.8 Å². The highest BCUT2D eigenvalue weighted by atomic mass is 35.5. The first-order valence-electron chi connectivity index (χ1n) is 12.2. The number of ketones is 3. The Kier molecular flexibility index (Phi) is 7.54. The Balaban J connectivity index is 0.00000353. The van der Waals surface area contributed by atoms with E-state index in [9.17, 15) is 34.8 Å². The maximum absolute atomic E-state index is 13.6. The molecule has 12 heteroatoms. The number of benzene rings is 2. The maximum Gasteiger partial charge on any atom is 0.202 e. The van der Waals surface area contributed by atoms with E-state index in [1.54, 1.807) is 6.92 Å². The van der Waals surface area contributed by atoms with Gasteiger partial charge in [0, 0.05) is 42.0 Å². The van der Waals surface area contributed by atoms with Crippen LogP contribution < -0.4 is 10.5 Å². The molecule has 6 atom stereocenters. The number of carbonyl (C=O) groups is 3. The number of aromatic hydroxyl groups is 2. The summed E-state index contributed by atoms with van der Waals surface area (Å²) >= 11 is 0. The molecule has 39 heavy (non-hydrogen) atoms. The largest absolute Gasteiger partial charge is 0.507 e. The van der Waals surface area contributed by atoms with Crippen LogP contribution in [0.25, 0.3) is 0 Å². The molecule has 0 radical (unpaired) electrons. The van der Waals surface area contributed by atoms with Gasteiger partial charge in [-0.2, -0.15) is 0 Å². The highest BCUT2D eigenvalue weighted by Gasteiger charge is 2.49. The average molecular weight is 564 g/mol. The topological polar surface area (TPSA) is 186 Å². The van der Waals surface area contributed by atoms with Crippen LogP contribution in [-0.2, 0) is 20.7 Å². The van der Waals surface area contributed by atoms with E-state index < -0.39 is 82.6 Å². The molecule has 2 aliphatic carbocycles. The van der Waals surface area contributed by atoms with Gasteiger partial charge < -0.3 is 40.4 Å². The predicted molar refractivity (Wildman–Crippen MR) is 138 cm³/mol. The third kappa shape index (κ3) is 4.39. The minimum atomic E-state index is -2.00. The van der Waals surface area contributed by atoms with E-state index in [2.05, 4.69) is 0 Å². The highest BCUT2D eigenvalue weighted by molar-refractivity contribution is 6.31. The zero-order valence-corrected chi connectivity index (χ0v) is 22.3. The Morgan fingerprint density at radius 3 is 2.41 bits per heavy atom. The number of fused-ring (bicyclic) bond motifs is 3. The molecule has 11 nitrogen and oxygen atoms in total. The van der Waals surface area contributed by atoms with Crippen molar-refractivity contribution >= 4 is 29.8 Å². The van der Waals surface area contributed by atoms with E-state index in [0.717, 1.165) is 0 Å². The Hall–Kier alpha value is -3.06. The summed E-state index contributed by atoms with van der Waals surface area (Å²) in [5.41, 5.74) is 2.97. The number of ether oxygens (including phenoxy) is 3. The lowest BCUT2D eigenvalue weighted by atomic mass is 9.72. The Labute approximate surface area is 229 Å². The van der Waals surface area contributed by atoms with E-state index in [0.29, 0.717) is 0 Å². The van der Waals surface area contributed by atoms with Crippen LogP contribution in [0.3, 0.4) is 0 Å². The fraction of sp³-hybridized carbons (Fsp3) is 0.444. The molecule has 0 unspecified atom stereocenters. The van der Waals surface area contributed by atoms with Crippen LogP contribution in [0.2, 0.25) is 0 Å². The first kappa shape index (κ1) is 28.9. The van der Waals surface area contributed by atoms with E-state index in [-0.39, 0.29) is 53.3 Å². The number of phenols is 2. The smallest absolute Gasteiger partial charge is 0.202 e. The summed E-state index contributed by atoms with van der Waals surface area (Å²) in [6, 6.07) is 3.75. The summed E-state index contributed by atoms with van der Waals surface area (Å²) in [7, 11) is 1.34. The number of Topliss-reactive ketones (excluding diaryl/α,β-unsaturated/α-hetero) is 1. The van der Waals surface area contributed by atoms with Crippen LogP contribution in [0.4, 0.5) is 0 Å². The van der Waals surface area contributed by atoms with Crippen molar-refractivity contribution in [3.63, 3.8) is 0 Å². The first-order valence-corrected chi connectivity index (χ1v) is 12.2. The second-order valence-corrected chi connectivity index (χ2v) is 10.1. The van der Waals surface area contributed by atoms with E-state index >= 15 is 0 Å². The summed E-state index contributed by atoms with van der Waals surface area (Å²) in [6.07, 6.45) is -4.53. The molecule has 0 bridgehead atoms. The minimum absolute atomic E-state index is 0. The third-order valence-electron chi connectivity index (χ3n) is 7.80.